The smallest absolute Gasteiger partial charge is 0.336 e. The molecule has 0 aliphatic heterocycles. The summed E-state index contributed by atoms with van der Waals surface area (Å²) in [5, 5.41) is 9.09. The van der Waals surface area contributed by atoms with Crippen LogP contribution < -0.4 is 0 Å². The van der Waals surface area contributed by atoms with Crippen molar-refractivity contribution in [1.29, 1.82) is 0 Å². The third kappa shape index (κ3) is 3.85. The summed E-state index contributed by atoms with van der Waals surface area (Å²) >= 11 is 0. The van der Waals surface area contributed by atoms with Crippen molar-refractivity contribution in [3.05, 3.63) is 48.0 Å². The number of hydrogen-bond acceptors (Lipinski definition) is 4. The van der Waals surface area contributed by atoms with Crippen LogP contribution in [0.25, 0.3) is 0 Å². The second-order valence-corrected chi connectivity index (χ2v) is 3.57. The Morgan fingerprint density at radius 2 is 1.94 bits per heavy atom. The number of hydrogen-bond donors (Lipinski definition) is 1. The predicted molar refractivity (Wildman–Crippen MR) is 62.6 cm³/mol. The Labute approximate surface area is 99.5 Å². The molecule has 90 valence electrons. The summed E-state index contributed by atoms with van der Waals surface area (Å²) < 4.78 is 4.73. The van der Waals surface area contributed by atoms with Gasteiger partial charge >= 0.3 is 5.97 Å². The van der Waals surface area contributed by atoms with Crippen LogP contribution in [-0.2, 0) is 9.53 Å². The zero-order valence-electron chi connectivity index (χ0n) is 9.55. The molecule has 1 N–H and O–H groups in total. The van der Waals surface area contributed by atoms with Crippen LogP contribution in [0.1, 0.15) is 17.3 Å². The van der Waals surface area contributed by atoms with Crippen LogP contribution in [0.2, 0.25) is 0 Å². The lowest BCUT2D eigenvalue weighted by atomic mass is 10.1. The summed E-state index contributed by atoms with van der Waals surface area (Å²) in [6.45, 7) is 4.42. The van der Waals surface area contributed by atoms with Crippen LogP contribution in [-0.4, -0.2) is 29.6 Å². The summed E-state index contributed by atoms with van der Waals surface area (Å²) in [5.41, 5.74) is 0.411. The number of benzene rings is 1. The van der Waals surface area contributed by atoms with Crippen molar-refractivity contribution in [2.45, 2.75) is 13.0 Å². The molecule has 0 saturated heterocycles. The number of ether oxygens (including phenoxy) is 1. The Bertz CT molecular complexity index is 420. The molecule has 17 heavy (non-hydrogen) atoms. The van der Waals surface area contributed by atoms with Gasteiger partial charge in [-0.15, -0.1) is 0 Å². The van der Waals surface area contributed by atoms with Gasteiger partial charge in [-0.1, -0.05) is 36.9 Å². The molecule has 0 aromatic heterocycles. The van der Waals surface area contributed by atoms with Gasteiger partial charge in [0.1, 0.15) is 0 Å². The largest absolute Gasteiger partial charge is 0.454 e. The molecule has 0 bridgehead atoms. The van der Waals surface area contributed by atoms with E-state index in [-0.39, 0.29) is 18.0 Å². The summed E-state index contributed by atoms with van der Waals surface area (Å²) in [4.78, 5) is 22.9. The van der Waals surface area contributed by atoms with Crippen molar-refractivity contribution in [1.82, 2.24) is 0 Å². The highest BCUT2D eigenvalue weighted by atomic mass is 16.5. The van der Waals surface area contributed by atoms with Crippen molar-refractivity contribution in [3.8, 4) is 0 Å². The van der Waals surface area contributed by atoms with Crippen molar-refractivity contribution < 1.29 is 19.4 Å². The van der Waals surface area contributed by atoms with E-state index in [0.717, 1.165) is 0 Å². The quantitative estimate of drug-likeness (QED) is 0.474. The average Bonchev–Trinajstić information content (AvgIpc) is 2.35. The number of carbonyl (C=O) groups excluding carboxylic acids is 2. The fourth-order valence-electron chi connectivity index (χ4n) is 1.10. The molecule has 1 atom stereocenters. The average molecular weight is 234 g/mol. The normalized spacial score (nSPS) is 11.6. The van der Waals surface area contributed by atoms with Crippen LogP contribution in [0.5, 0.6) is 0 Å². The molecule has 4 nitrogen and oxygen atoms in total. The Kier molecular flexibility index (Phi) is 4.60. The molecule has 1 aromatic rings. The minimum atomic E-state index is -0.977. The number of aliphatic hydroxyl groups excluding tert-OH is 1. The summed E-state index contributed by atoms with van der Waals surface area (Å²) in [7, 11) is 0. The molecule has 0 heterocycles. The first-order valence-electron chi connectivity index (χ1n) is 5.14. The summed E-state index contributed by atoms with van der Waals surface area (Å²) in [6.07, 6.45) is -0.977. The number of Topliss-reactive ketones (excluding diaryl/α,β-unsaturated/α-hetero) is 1. The van der Waals surface area contributed by atoms with Gasteiger partial charge in [-0.2, -0.15) is 0 Å². The van der Waals surface area contributed by atoms with Gasteiger partial charge < -0.3 is 9.84 Å². The molecule has 4 heteroatoms. The SMILES string of the molecule is C=C(C(=O)OCC(=O)c1ccccc1)C(C)O. The first kappa shape index (κ1) is 13.1. The van der Waals surface area contributed by atoms with E-state index >= 15 is 0 Å². The maximum absolute atomic E-state index is 11.6. The summed E-state index contributed by atoms with van der Waals surface area (Å²) in [5.74, 6) is -1.05. The molecule has 0 amide bonds. The predicted octanol–water partition coefficient (Wildman–Crippen LogP) is 1.35. The van der Waals surface area contributed by atoms with E-state index in [1.54, 1.807) is 30.3 Å². The van der Waals surface area contributed by atoms with Gasteiger partial charge in [-0.3, -0.25) is 4.79 Å². The molecule has 0 aliphatic rings. The monoisotopic (exact) mass is 234 g/mol. The Balaban J connectivity index is 2.50. The van der Waals surface area contributed by atoms with Crippen LogP contribution in [0.3, 0.4) is 0 Å². The topological polar surface area (TPSA) is 63.6 Å². The highest BCUT2D eigenvalue weighted by Crippen LogP contribution is 2.04. The van der Waals surface area contributed by atoms with E-state index < -0.39 is 12.1 Å². The summed E-state index contributed by atoms with van der Waals surface area (Å²) in [6, 6.07) is 8.52. The second-order valence-electron chi connectivity index (χ2n) is 3.57. The highest BCUT2D eigenvalue weighted by Gasteiger charge is 2.15. The van der Waals surface area contributed by atoms with Crippen LogP contribution in [0.4, 0.5) is 0 Å². The number of aliphatic hydroxyl groups is 1. The number of ketones is 1. The number of esters is 1. The molecule has 0 fully saturated rings. The van der Waals surface area contributed by atoms with Crippen LogP contribution in [0, 0.1) is 0 Å². The third-order valence-electron chi connectivity index (χ3n) is 2.20. The minimum Gasteiger partial charge on any atom is -0.454 e. The molecular weight excluding hydrogens is 220 g/mol. The van der Waals surface area contributed by atoms with Crippen molar-refractivity contribution in [3.63, 3.8) is 0 Å². The van der Waals surface area contributed by atoms with Crippen molar-refractivity contribution in [2.24, 2.45) is 0 Å². The Morgan fingerprint density at radius 1 is 1.35 bits per heavy atom. The lowest BCUT2D eigenvalue weighted by molar-refractivity contribution is -0.138. The van der Waals surface area contributed by atoms with Gasteiger partial charge in [0.05, 0.1) is 11.7 Å². The maximum Gasteiger partial charge on any atom is 0.336 e. The van der Waals surface area contributed by atoms with Gasteiger partial charge in [0.25, 0.3) is 0 Å². The fraction of sp³-hybridized carbons (Fsp3) is 0.231. The minimum absolute atomic E-state index is 0.0640. The van der Waals surface area contributed by atoms with E-state index in [0.29, 0.717) is 5.56 Å². The zero-order chi connectivity index (χ0) is 12.8. The van der Waals surface area contributed by atoms with Crippen molar-refractivity contribution in [2.75, 3.05) is 6.61 Å². The van der Waals surface area contributed by atoms with Crippen LogP contribution in [0.15, 0.2) is 42.5 Å². The van der Waals surface area contributed by atoms with E-state index in [9.17, 15) is 9.59 Å². The highest BCUT2D eigenvalue weighted by molar-refractivity contribution is 5.99. The third-order valence-corrected chi connectivity index (χ3v) is 2.20. The molecule has 0 spiro atoms. The zero-order valence-corrected chi connectivity index (χ0v) is 9.55. The van der Waals surface area contributed by atoms with Gasteiger partial charge in [-0.05, 0) is 6.92 Å². The Morgan fingerprint density at radius 3 is 2.47 bits per heavy atom. The molecule has 1 unspecified atom stereocenters. The van der Waals surface area contributed by atoms with E-state index in [1.807, 2.05) is 0 Å². The standard InChI is InChI=1S/C13H14O4/c1-9(10(2)14)13(16)17-8-12(15)11-6-4-3-5-7-11/h3-7,10,14H,1,8H2,2H3. The van der Waals surface area contributed by atoms with Crippen molar-refractivity contribution >= 4 is 11.8 Å². The van der Waals surface area contributed by atoms with Crippen LogP contribution >= 0.6 is 0 Å². The Hall–Kier alpha value is -1.94. The number of rotatable bonds is 5. The van der Waals surface area contributed by atoms with Gasteiger partial charge in [-0.25, -0.2) is 4.79 Å². The van der Waals surface area contributed by atoms with E-state index in [1.165, 1.54) is 6.92 Å². The van der Waals surface area contributed by atoms with Gasteiger partial charge in [0, 0.05) is 5.56 Å². The van der Waals surface area contributed by atoms with Gasteiger partial charge in [0.15, 0.2) is 12.4 Å². The first-order chi connectivity index (χ1) is 8.02. The van der Waals surface area contributed by atoms with E-state index in [4.69, 9.17) is 9.84 Å². The van der Waals surface area contributed by atoms with E-state index in [2.05, 4.69) is 6.58 Å². The molecule has 1 aromatic carbocycles. The molecule has 1 rings (SSSR count). The molecule has 0 radical (unpaired) electrons. The molecular formula is C13H14O4. The second kappa shape index (κ2) is 5.96. The lowest BCUT2D eigenvalue weighted by Crippen LogP contribution is -2.20. The lowest BCUT2D eigenvalue weighted by Gasteiger charge is -2.08. The maximum atomic E-state index is 11.6. The number of carbonyl (C=O) groups is 2. The first-order valence-corrected chi connectivity index (χ1v) is 5.14. The molecule has 0 saturated carbocycles. The fourth-order valence-corrected chi connectivity index (χ4v) is 1.10. The molecule has 0 aliphatic carbocycles. The van der Waals surface area contributed by atoms with Gasteiger partial charge in [0.2, 0.25) is 0 Å².